The zero-order valence-corrected chi connectivity index (χ0v) is 13.5. The zero-order chi connectivity index (χ0) is 16.9. The lowest BCUT2D eigenvalue weighted by atomic mass is 10.2. The Balaban J connectivity index is 1.52. The highest BCUT2D eigenvalue weighted by molar-refractivity contribution is 5.88. The summed E-state index contributed by atoms with van der Waals surface area (Å²) in [6.07, 6.45) is 7.73. The molecule has 2 N–H and O–H groups in total. The third-order valence-corrected chi connectivity index (χ3v) is 3.93. The lowest BCUT2D eigenvalue weighted by molar-refractivity contribution is 0.175. The number of hydrogen-bond acceptors (Lipinski definition) is 4. The molecular weight excluding hydrogens is 315 g/mol. The number of alkyl halides is 1. The lowest BCUT2D eigenvalue weighted by Crippen LogP contribution is -2.44. The van der Waals surface area contributed by atoms with Gasteiger partial charge in [0.05, 0.1) is 25.0 Å². The van der Waals surface area contributed by atoms with Crippen LogP contribution in [0.4, 0.5) is 15.0 Å². The number of carbonyl (C=O) groups excluding carboxylic acids is 1. The second-order valence-electron chi connectivity index (χ2n) is 5.79. The number of halogens is 1. The van der Waals surface area contributed by atoms with Gasteiger partial charge in [0.2, 0.25) is 0 Å². The van der Waals surface area contributed by atoms with Gasteiger partial charge in [-0.3, -0.25) is 14.7 Å². The van der Waals surface area contributed by atoms with Gasteiger partial charge in [0.15, 0.2) is 11.6 Å². The quantitative estimate of drug-likeness (QED) is 0.841. The number of aryl methyl sites for hydroxylation is 2. The number of aromatic nitrogens is 4. The molecule has 0 aromatic carbocycles. The first kappa shape index (κ1) is 16.3. The second-order valence-corrected chi connectivity index (χ2v) is 5.79. The number of nitrogens with zero attached hydrogens (tertiary/aromatic N) is 4. The van der Waals surface area contributed by atoms with Gasteiger partial charge in [0.1, 0.15) is 12.8 Å². The third-order valence-electron chi connectivity index (χ3n) is 3.93. The van der Waals surface area contributed by atoms with Crippen molar-refractivity contribution in [2.24, 2.45) is 7.05 Å². The Morgan fingerprint density at radius 3 is 3.12 bits per heavy atom. The maximum absolute atomic E-state index is 12.3. The normalized spacial score (nSPS) is 20.1. The Morgan fingerprint density at radius 2 is 2.38 bits per heavy atom. The molecule has 0 spiro atoms. The molecule has 2 atom stereocenters. The molecule has 0 radical (unpaired) electrons. The fourth-order valence-corrected chi connectivity index (χ4v) is 2.83. The summed E-state index contributed by atoms with van der Waals surface area (Å²) in [7, 11) is 1.83. The van der Waals surface area contributed by atoms with Crippen LogP contribution in [-0.4, -0.2) is 44.4 Å². The minimum atomic E-state index is -0.497. The topological polar surface area (TPSA) is 86.0 Å². The highest BCUT2D eigenvalue weighted by Gasteiger charge is 2.30. The van der Waals surface area contributed by atoms with E-state index in [9.17, 15) is 9.18 Å². The van der Waals surface area contributed by atoms with E-state index in [1.807, 2.05) is 7.05 Å². The van der Waals surface area contributed by atoms with Crippen LogP contribution in [0.3, 0.4) is 0 Å². The van der Waals surface area contributed by atoms with E-state index < -0.39 is 6.67 Å². The van der Waals surface area contributed by atoms with E-state index in [1.54, 1.807) is 29.3 Å². The van der Waals surface area contributed by atoms with Crippen LogP contribution in [0.2, 0.25) is 0 Å². The van der Waals surface area contributed by atoms with Crippen LogP contribution in [0.15, 0.2) is 24.7 Å². The average molecular weight is 336 g/mol. The number of anilines is 1. The summed E-state index contributed by atoms with van der Waals surface area (Å²) in [4.78, 5) is 12.1. The smallest absolute Gasteiger partial charge is 0.320 e. The predicted molar refractivity (Wildman–Crippen MR) is 85.6 cm³/mol. The summed E-state index contributed by atoms with van der Waals surface area (Å²) < 4.78 is 21.3. The van der Waals surface area contributed by atoms with E-state index in [2.05, 4.69) is 20.8 Å². The highest BCUT2D eigenvalue weighted by Crippen LogP contribution is 2.24. The molecule has 24 heavy (non-hydrogen) atoms. The van der Waals surface area contributed by atoms with Crippen LogP contribution in [0.25, 0.3) is 0 Å². The molecule has 0 aliphatic heterocycles. The Hall–Kier alpha value is -2.58. The van der Waals surface area contributed by atoms with Gasteiger partial charge in [0, 0.05) is 19.3 Å². The molecule has 1 aliphatic rings. The van der Waals surface area contributed by atoms with Crippen molar-refractivity contribution >= 4 is 11.8 Å². The fraction of sp³-hybridized carbons (Fsp3) is 0.533. The Labute approximate surface area is 139 Å². The Bertz CT molecular complexity index is 685. The molecule has 0 unspecified atom stereocenters. The van der Waals surface area contributed by atoms with Crippen molar-refractivity contribution in [3.05, 3.63) is 24.7 Å². The van der Waals surface area contributed by atoms with Crippen molar-refractivity contribution in [1.29, 1.82) is 0 Å². The molecule has 8 nitrogen and oxygen atoms in total. The van der Waals surface area contributed by atoms with Gasteiger partial charge in [-0.15, -0.1) is 0 Å². The third kappa shape index (κ3) is 4.03. The first-order valence-electron chi connectivity index (χ1n) is 7.96. The van der Waals surface area contributed by atoms with Gasteiger partial charge >= 0.3 is 6.03 Å². The standard InChI is InChI=1S/C15H21FN6O2/c1-21-10-11(9-17-21)24-13-4-2-3-12(13)18-15(23)19-14-5-7-22(20-14)8-6-16/h5,7,9-10,12-13H,2-4,6,8H2,1H3,(H2,18,19,20,23)/t12-,13+/m0/s1. The van der Waals surface area contributed by atoms with Crippen molar-refractivity contribution in [2.45, 2.75) is 38.0 Å². The molecule has 1 saturated carbocycles. The molecule has 0 saturated heterocycles. The van der Waals surface area contributed by atoms with E-state index in [0.29, 0.717) is 11.6 Å². The largest absolute Gasteiger partial charge is 0.485 e. The molecule has 0 bridgehead atoms. The van der Waals surface area contributed by atoms with Crippen molar-refractivity contribution < 1.29 is 13.9 Å². The highest BCUT2D eigenvalue weighted by atomic mass is 19.1. The van der Waals surface area contributed by atoms with Crippen molar-refractivity contribution in [3.63, 3.8) is 0 Å². The maximum Gasteiger partial charge on any atom is 0.320 e. The minimum Gasteiger partial charge on any atom is -0.485 e. The molecule has 130 valence electrons. The van der Waals surface area contributed by atoms with Crippen molar-refractivity contribution in [2.75, 3.05) is 12.0 Å². The zero-order valence-electron chi connectivity index (χ0n) is 13.5. The summed E-state index contributed by atoms with van der Waals surface area (Å²) in [6, 6.07) is 1.22. The summed E-state index contributed by atoms with van der Waals surface area (Å²) in [5.41, 5.74) is 0. The fourth-order valence-electron chi connectivity index (χ4n) is 2.83. The molecule has 2 aromatic rings. The van der Waals surface area contributed by atoms with Crippen LogP contribution in [0.5, 0.6) is 5.75 Å². The molecule has 2 heterocycles. The average Bonchev–Trinajstić information content (AvgIpc) is 3.24. The van der Waals surface area contributed by atoms with Gasteiger partial charge < -0.3 is 10.1 Å². The number of rotatable bonds is 6. The maximum atomic E-state index is 12.3. The van der Waals surface area contributed by atoms with Gasteiger partial charge in [-0.1, -0.05) is 0 Å². The number of carbonyl (C=O) groups is 1. The van der Waals surface area contributed by atoms with Gasteiger partial charge in [-0.2, -0.15) is 10.2 Å². The second kappa shape index (κ2) is 7.33. The molecule has 1 aliphatic carbocycles. The van der Waals surface area contributed by atoms with E-state index in [0.717, 1.165) is 19.3 Å². The van der Waals surface area contributed by atoms with Crippen LogP contribution >= 0.6 is 0 Å². The van der Waals surface area contributed by atoms with Crippen LogP contribution in [0.1, 0.15) is 19.3 Å². The van der Waals surface area contributed by atoms with E-state index in [4.69, 9.17) is 4.74 Å². The van der Waals surface area contributed by atoms with Crippen molar-refractivity contribution in [1.82, 2.24) is 24.9 Å². The van der Waals surface area contributed by atoms with E-state index >= 15 is 0 Å². The number of urea groups is 1. The van der Waals surface area contributed by atoms with Crippen molar-refractivity contribution in [3.8, 4) is 5.75 Å². The van der Waals surface area contributed by atoms with Gasteiger partial charge in [0.25, 0.3) is 0 Å². The molecular formula is C15H21FN6O2. The summed E-state index contributed by atoms with van der Waals surface area (Å²) >= 11 is 0. The molecule has 2 amide bonds. The molecule has 2 aromatic heterocycles. The minimum absolute atomic E-state index is 0.0712. The Morgan fingerprint density at radius 1 is 1.50 bits per heavy atom. The summed E-state index contributed by atoms with van der Waals surface area (Å²) in [5, 5.41) is 13.7. The van der Waals surface area contributed by atoms with Gasteiger partial charge in [-0.05, 0) is 19.3 Å². The SMILES string of the molecule is Cn1cc(O[C@@H]2CCC[C@@H]2NC(=O)Nc2ccn(CCF)n2)cn1. The van der Waals surface area contributed by atoms with Gasteiger partial charge in [-0.25, -0.2) is 9.18 Å². The molecule has 9 heteroatoms. The monoisotopic (exact) mass is 336 g/mol. The number of hydrogen-bond donors (Lipinski definition) is 2. The number of ether oxygens (including phenoxy) is 1. The number of nitrogens with one attached hydrogen (secondary N) is 2. The first-order valence-corrected chi connectivity index (χ1v) is 7.96. The molecule has 3 rings (SSSR count). The van der Waals surface area contributed by atoms with E-state index in [1.165, 1.54) is 4.68 Å². The number of amides is 2. The lowest BCUT2D eigenvalue weighted by Gasteiger charge is -2.21. The Kier molecular flexibility index (Phi) is 4.97. The van der Waals surface area contributed by atoms with Crippen LogP contribution < -0.4 is 15.4 Å². The molecule has 1 fully saturated rings. The predicted octanol–water partition coefficient (Wildman–Crippen LogP) is 1.71. The van der Waals surface area contributed by atoms with Crippen LogP contribution in [0, 0.1) is 0 Å². The van der Waals surface area contributed by atoms with E-state index in [-0.39, 0.29) is 24.7 Å². The first-order chi connectivity index (χ1) is 11.6. The van der Waals surface area contributed by atoms with Crippen LogP contribution in [-0.2, 0) is 13.6 Å². The summed E-state index contributed by atoms with van der Waals surface area (Å²) in [6.45, 7) is -0.324. The summed E-state index contributed by atoms with van der Waals surface area (Å²) in [5.74, 6) is 1.09.